The maximum absolute atomic E-state index is 5.94. The molecule has 0 spiro atoms. The van der Waals surface area contributed by atoms with Crippen LogP contribution in [0, 0.1) is 5.92 Å². The molecule has 1 aliphatic heterocycles. The normalized spacial score (nSPS) is 20.5. The summed E-state index contributed by atoms with van der Waals surface area (Å²) in [6, 6.07) is 8.33. The van der Waals surface area contributed by atoms with E-state index in [1.54, 1.807) is 0 Å². The van der Waals surface area contributed by atoms with Crippen molar-refractivity contribution in [2.45, 2.75) is 33.1 Å². The zero-order valence-corrected chi connectivity index (χ0v) is 13.3. The number of nitrogens with two attached hydrogens (primary N) is 1. The third-order valence-corrected chi connectivity index (χ3v) is 4.07. The third kappa shape index (κ3) is 5.38. The minimum Gasteiger partial charge on any atom is -0.370 e. The molecule has 0 bridgehead atoms. The second-order valence-corrected chi connectivity index (χ2v) is 5.99. The number of hydrogen-bond donors (Lipinski definition) is 2. The molecular formula is C17H28N4. The number of piperidine rings is 1. The van der Waals surface area contributed by atoms with E-state index in [4.69, 9.17) is 5.73 Å². The molecule has 1 aliphatic rings. The molecule has 0 radical (unpaired) electrons. The second-order valence-electron chi connectivity index (χ2n) is 5.99. The van der Waals surface area contributed by atoms with Crippen LogP contribution in [0.2, 0.25) is 0 Å². The maximum Gasteiger partial charge on any atom is 0.193 e. The topological polar surface area (TPSA) is 53.6 Å². The molecular weight excluding hydrogens is 260 g/mol. The second kappa shape index (κ2) is 8.03. The first-order valence-corrected chi connectivity index (χ1v) is 8.05. The standard InChI is InChI=1S/C17H28N4/c1-3-15-6-8-16(9-7-15)20-17(18)19-10-12-21-11-4-5-14(2)13-21/h6-9,14H,3-5,10-13H2,1-2H3,(H3,18,19,20). The summed E-state index contributed by atoms with van der Waals surface area (Å²) in [5.74, 6) is 1.32. The van der Waals surface area contributed by atoms with Gasteiger partial charge in [0, 0.05) is 18.8 Å². The summed E-state index contributed by atoms with van der Waals surface area (Å²) in [5.41, 5.74) is 8.27. The lowest BCUT2D eigenvalue weighted by molar-refractivity contribution is 0.189. The summed E-state index contributed by atoms with van der Waals surface area (Å²) in [5, 5.41) is 3.15. The van der Waals surface area contributed by atoms with Gasteiger partial charge in [0.15, 0.2) is 5.96 Å². The summed E-state index contributed by atoms with van der Waals surface area (Å²) in [4.78, 5) is 6.91. The van der Waals surface area contributed by atoms with Crippen molar-refractivity contribution in [2.75, 3.05) is 31.5 Å². The predicted octanol–water partition coefficient (Wildman–Crippen LogP) is 2.71. The van der Waals surface area contributed by atoms with Gasteiger partial charge < -0.3 is 16.0 Å². The van der Waals surface area contributed by atoms with Crippen LogP contribution in [0.1, 0.15) is 32.3 Å². The van der Waals surface area contributed by atoms with Crippen molar-refractivity contribution >= 4 is 11.6 Å². The van der Waals surface area contributed by atoms with E-state index in [9.17, 15) is 0 Å². The van der Waals surface area contributed by atoms with Gasteiger partial charge in [0.05, 0.1) is 6.54 Å². The lowest BCUT2D eigenvalue weighted by atomic mass is 10.0. The number of benzene rings is 1. The average molecular weight is 288 g/mol. The van der Waals surface area contributed by atoms with Crippen molar-refractivity contribution in [1.82, 2.24) is 4.90 Å². The van der Waals surface area contributed by atoms with Crippen LogP contribution in [0.5, 0.6) is 0 Å². The highest BCUT2D eigenvalue weighted by Gasteiger charge is 2.15. The minimum absolute atomic E-state index is 0.504. The van der Waals surface area contributed by atoms with Crippen LogP contribution in [-0.4, -0.2) is 37.0 Å². The molecule has 1 saturated heterocycles. The number of aryl methyl sites for hydroxylation is 1. The Bertz CT molecular complexity index is 452. The van der Waals surface area contributed by atoms with Gasteiger partial charge >= 0.3 is 0 Å². The number of nitrogens with zero attached hydrogens (tertiary/aromatic N) is 2. The zero-order valence-electron chi connectivity index (χ0n) is 13.3. The third-order valence-electron chi connectivity index (χ3n) is 4.07. The van der Waals surface area contributed by atoms with Crippen LogP contribution < -0.4 is 11.1 Å². The van der Waals surface area contributed by atoms with Crippen molar-refractivity contribution < 1.29 is 0 Å². The average Bonchev–Trinajstić information content (AvgIpc) is 2.48. The summed E-state index contributed by atoms with van der Waals surface area (Å²) in [6.07, 6.45) is 3.72. The minimum atomic E-state index is 0.504. The number of hydrogen-bond acceptors (Lipinski definition) is 2. The molecule has 1 unspecified atom stereocenters. The Labute approximate surface area is 128 Å². The molecule has 0 saturated carbocycles. The van der Waals surface area contributed by atoms with E-state index in [0.29, 0.717) is 5.96 Å². The van der Waals surface area contributed by atoms with Gasteiger partial charge in [-0.3, -0.25) is 4.99 Å². The number of aliphatic imine (C=N–C) groups is 1. The first-order chi connectivity index (χ1) is 10.2. The van der Waals surface area contributed by atoms with Gasteiger partial charge in [-0.2, -0.15) is 0 Å². The van der Waals surface area contributed by atoms with Crippen LogP contribution in [-0.2, 0) is 6.42 Å². The largest absolute Gasteiger partial charge is 0.370 e. The number of guanidine groups is 1. The Kier molecular flexibility index (Phi) is 6.05. The molecule has 2 rings (SSSR count). The molecule has 3 N–H and O–H groups in total. The van der Waals surface area contributed by atoms with Crippen molar-refractivity contribution in [1.29, 1.82) is 0 Å². The lowest BCUT2D eigenvalue weighted by Gasteiger charge is -2.30. The molecule has 0 amide bonds. The molecule has 0 aromatic heterocycles. The fourth-order valence-electron chi connectivity index (χ4n) is 2.81. The van der Waals surface area contributed by atoms with Gasteiger partial charge in [-0.25, -0.2) is 0 Å². The Balaban J connectivity index is 1.75. The summed E-state index contributed by atoms with van der Waals surface area (Å²) in [7, 11) is 0. The van der Waals surface area contributed by atoms with Gasteiger partial charge in [0.25, 0.3) is 0 Å². The maximum atomic E-state index is 5.94. The summed E-state index contributed by atoms with van der Waals surface area (Å²) >= 11 is 0. The van der Waals surface area contributed by atoms with Crippen molar-refractivity contribution in [2.24, 2.45) is 16.6 Å². The molecule has 1 heterocycles. The molecule has 1 aromatic carbocycles. The van der Waals surface area contributed by atoms with Crippen LogP contribution in [0.4, 0.5) is 5.69 Å². The Morgan fingerprint density at radius 2 is 2.14 bits per heavy atom. The Morgan fingerprint density at radius 1 is 1.38 bits per heavy atom. The van der Waals surface area contributed by atoms with Crippen molar-refractivity contribution in [3.63, 3.8) is 0 Å². The smallest absolute Gasteiger partial charge is 0.193 e. The number of nitrogens with one attached hydrogen (secondary N) is 1. The monoisotopic (exact) mass is 288 g/mol. The van der Waals surface area contributed by atoms with Gasteiger partial charge in [-0.1, -0.05) is 26.0 Å². The van der Waals surface area contributed by atoms with Crippen molar-refractivity contribution in [3.05, 3.63) is 29.8 Å². The van der Waals surface area contributed by atoms with Crippen LogP contribution in [0.3, 0.4) is 0 Å². The molecule has 21 heavy (non-hydrogen) atoms. The molecule has 116 valence electrons. The first-order valence-electron chi connectivity index (χ1n) is 8.05. The Hall–Kier alpha value is -1.55. The van der Waals surface area contributed by atoms with E-state index in [1.165, 1.54) is 31.5 Å². The fourth-order valence-corrected chi connectivity index (χ4v) is 2.81. The fraction of sp³-hybridized carbons (Fsp3) is 0.588. The van der Waals surface area contributed by atoms with E-state index in [2.05, 4.69) is 41.2 Å². The van der Waals surface area contributed by atoms with E-state index < -0.39 is 0 Å². The first kappa shape index (κ1) is 15.8. The van der Waals surface area contributed by atoms with Gasteiger partial charge in [0.2, 0.25) is 0 Å². The van der Waals surface area contributed by atoms with Crippen LogP contribution >= 0.6 is 0 Å². The molecule has 4 heteroatoms. The number of likely N-dealkylation sites (tertiary alicyclic amines) is 1. The SMILES string of the molecule is CCc1ccc(NC(N)=NCCN2CCCC(C)C2)cc1. The van der Waals surface area contributed by atoms with Crippen molar-refractivity contribution in [3.8, 4) is 0 Å². The molecule has 0 aliphatic carbocycles. The number of anilines is 1. The van der Waals surface area contributed by atoms with Gasteiger partial charge in [0.1, 0.15) is 0 Å². The summed E-state index contributed by atoms with van der Waals surface area (Å²) in [6.45, 7) is 8.64. The van der Waals surface area contributed by atoms with Gasteiger partial charge in [-0.15, -0.1) is 0 Å². The van der Waals surface area contributed by atoms with Crippen LogP contribution in [0.25, 0.3) is 0 Å². The number of rotatable bonds is 5. The highest BCUT2D eigenvalue weighted by Crippen LogP contribution is 2.14. The van der Waals surface area contributed by atoms with Gasteiger partial charge in [-0.05, 0) is 49.4 Å². The molecule has 4 nitrogen and oxygen atoms in total. The van der Waals surface area contributed by atoms with Crippen LogP contribution in [0.15, 0.2) is 29.3 Å². The van der Waals surface area contributed by atoms with E-state index in [-0.39, 0.29) is 0 Å². The molecule has 1 atom stereocenters. The summed E-state index contributed by atoms with van der Waals surface area (Å²) < 4.78 is 0. The molecule has 1 aromatic rings. The highest BCUT2D eigenvalue weighted by atomic mass is 15.2. The highest BCUT2D eigenvalue weighted by molar-refractivity contribution is 5.92. The molecule has 1 fully saturated rings. The Morgan fingerprint density at radius 3 is 2.81 bits per heavy atom. The predicted molar refractivity (Wildman–Crippen MR) is 90.8 cm³/mol. The van der Waals surface area contributed by atoms with E-state index in [0.717, 1.165) is 31.1 Å². The van der Waals surface area contributed by atoms with E-state index >= 15 is 0 Å². The zero-order chi connectivity index (χ0) is 15.1. The quantitative estimate of drug-likeness (QED) is 0.647. The lowest BCUT2D eigenvalue weighted by Crippen LogP contribution is -2.36. The van der Waals surface area contributed by atoms with E-state index in [1.807, 2.05) is 12.1 Å².